The molecular formula is C16H21N3O2. The van der Waals surface area contributed by atoms with Gasteiger partial charge in [-0.3, -0.25) is 10.00 Å². The Bertz CT molecular complexity index is 634. The lowest BCUT2D eigenvalue weighted by atomic mass is 10.0. The Balaban J connectivity index is 2.17. The summed E-state index contributed by atoms with van der Waals surface area (Å²) in [6.45, 7) is 4.64. The van der Waals surface area contributed by atoms with Crippen LogP contribution < -0.4 is 5.32 Å². The third-order valence-corrected chi connectivity index (χ3v) is 3.57. The lowest BCUT2D eigenvalue weighted by Crippen LogP contribution is -2.29. The van der Waals surface area contributed by atoms with Crippen molar-refractivity contribution in [2.45, 2.75) is 26.4 Å². The van der Waals surface area contributed by atoms with Gasteiger partial charge in [0.1, 0.15) is 6.04 Å². The highest BCUT2D eigenvalue weighted by atomic mass is 16.5. The summed E-state index contributed by atoms with van der Waals surface area (Å²) in [6.07, 6.45) is 3.70. The molecule has 0 aliphatic heterocycles. The van der Waals surface area contributed by atoms with Crippen molar-refractivity contribution >= 4 is 5.97 Å². The maximum absolute atomic E-state index is 12.0. The zero-order chi connectivity index (χ0) is 15.4. The Kier molecular flexibility index (Phi) is 4.75. The second-order valence-corrected chi connectivity index (χ2v) is 5.20. The molecule has 0 bridgehead atoms. The van der Waals surface area contributed by atoms with E-state index in [0.29, 0.717) is 6.54 Å². The molecule has 1 unspecified atom stereocenters. The van der Waals surface area contributed by atoms with Gasteiger partial charge in [0.25, 0.3) is 0 Å². The van der Waals surface area contributed by atoms with E-state index in [-0.39, 0.29) is 5.97 Å². The molecular weight excluding hydrogens is 266 g/mol. The highest BCUT2D eigenvalue weighted by Gasteiger charge is 2.21. The first-order chi connectivity index (χ1) is 10.0. The number of benzene rings is 1. The lowest BCUT2D eigenvalue weighted by molar-refractivity contribution is -0.143. The summed E-state index contributed by atoms with van der Waals surface area (Å²) in [5.41, 5.74) is 4.29. The first-order valence-electron chi connectivity index (χ1n) is 6.87. The van der Waals surface area contributed by atoms with Gasteiger partial charge in [-0.05, 0) is 30.5 Å². The predicted octanol–water partition coefficient (Wildman–Crippen LogP) is 2.04. The Morgan fingerprint density at radius 1 is 1.38 bits per heavy atom. The molecule has 2 aromatic rings. The summed E-state index contributed by atoms with van der Waals surface area (Å²) in [4.78, 5) is 12.0. The summed E-state index contributed by atoms with van der Waals surface area (Å²) in [5.74, 6) is -0.290. The summed E-state index contributed by atoms with van der Waals surface area (Å²) >= 11 is 0. The molecule has 0 aliphatic rings. The number of nitrogens with zero attached hydrogens (tertiary/aromatic N) is 2. The van der Waals surface area contributed by atoms with Crippen LogP contribution in [0.5, 0.6) is 0 Å². The van der Waals surface area contributed by atoms with Crippen molar-refractivity contribution in [3.63, 3.8) is 0 Å². The molecule has 5 heteroatoms. The molecule has 1 atom stereocenters. The fraction of sp³-hybridized carbons (Fsp3) is 0.375. The molecule has 0 radical (unpaired) electrons. The van der Waals surface area contributed by atoms with E-state index in [4.69, 9.17) is 4.74 Å². The predicted molar refractivity (Wildman–Crippen MR) is 80.7 cm³/mol. The highest BCUT2D eigenvalue weighted by Crippen LogP contribution is 2.19. The number of hydrogen-bond acceptors (Lipinski definition) is 4. The van der Waals surface area contributed by atoms with Crippen LogP contribution in [-0.4, -0.2) is 22.9 Å². The largest absolute Gasteiger partial charge is 0.468 e. The topological polar surface area (TPSA) is 56.1 Å². The molecule has 1 aromatic heterocycles. The molecule has 5 nitrogen and oxygen atoms in total. The van der Waals surface area contributed by atoms with Gasteiger partial charge < -0.3 is 4.74 Å². The Morgan fingerprint density at radius 3 is 2.71 bits per heavy atom. The molecule has 0 fully saturated rings. The third kappa shape index (κ3) is 3.70. The van der Waals surface area contributed by atoms with E-state index in [1.54, 1.807) is 10.9 Å². The SMILES string of the molecule is COC(=O)C(NCc1cnn(C)c1)c1ccc(C)c(C)c1. The van der Waals surface area contributed by atoms with Crippen molar-refractivity contribution < 1.29 is 9.53 Å². The van der Waals surface area contributed by atoms with Crippen molar-refractivity contribution in [3.05, 3.63) is 52.8 Å². The number of esters is 1. The minimum atomic E-state index is -0.477. The summed E-state index contributed by atoms with van der Waals surface area (Å²) < 4.78 is 6.64. The Hall–Kier alpha value is -2.14. The Labute approximate surface area is 124 Å². The molecule has 0 aliphatic carbocycles. The monoisotopic (exact) mass is 287 g/mol. The van der Waals surface area contributed by atoms with E-state index in [0.717, 1.165) is 16.7 Å². The number of hydrogen-bond donors (Lipinski definition) is 1. The summed E-state index contributed by atoms with van der Waals surface area (Å²) in [7, 11) is 3.27. The molecule has 1 aromatic carbocycles. The first kappa shape index (κ1) is 15.3. The quantitative estimate of drug-likeness (QED) is 0.855. The highest BCUT2D eigenvalue weighted by molar-refractivity contribution is 5.77. The van der Waals surface area contributed by atoms with E-state index in [1.165, 1.54) is 12.7 Å². The van der Waals surface area contributed by atoms with Crippen molar-refractivity contribution in [2.24, 2.45) is 7.05 Å². The van der Waals surface area contributed by atoms with Gasteiger partial charge in [0, 0.05) is 25.4 Å². The van der Waals surface area contributed by atoms with Gasteiger partial charge in [0.15, 0.2) is 0 Å². The second kappa shape index (κ2) is 6.54. The molecule has 0 saturated carbocycles. The molecule has 0 spiro atoms. The van der Waals surface area contributed by atoms with Gasteiger partial charge >= 0.3 is 5.97 Å². The maximum Gasteiger partial charge on any atom is 0.327 e. The van der Waals surface area contributed by atoms with Crippen LogP contribution in [0.4, 0.5) is 0 Å². The average molecular weight is 287 g/mol. The van der Waals surface area contributed by atoms with Gasteiger partial charge in [-0.1, -0.05) is 18.2 Å². The van der Waals surface area contributed by atoms with E-state index in [9.17, 15) is 4.79 Å². The third-order valence-electron chi connectivity index (χ3n) is 3.57. The first-order valence-corrected chi connectivity index (χ1v) is 6.87. The molecule has 1 heterocycles. The smallest absolute Gasteiger partial charge is 0.327 e. The fourth-order valence-corrected chi connectivity index (χ4v) is 2.18. The summed E-state index contributed by atoms with van der Waals surface area (Å²) in [6, 6.07) is 5.52. The van der Waals surface area contributed by atoms with E-state index in [1.807, 2.05) is 38.4 Å². The number of ether oxygens (including phenoxy) is 1. The molecule has 0 saturated heterocycles. The fourth-order valence-electron chi connectivity index (χ4n) is 2.18. The van der Waals surface area contributed by atoms with Crippen molar-refractivity contribution in [1.29, 1.82) is 0 Å². The summed E-state index contributed by atoms with van der Waals surface area (Å²) in [5, 5.41) is 7.35. The molecule has 112 valence electrons. The van der Waals surface area contributed by atoms with Crippen LogP contribution in [0.25, 0.3) is 0 Å². The number of carbonyl (C=O) groups is 1. The minimum Gasteiger partial charge on any atom is -0.468 e. The number of aromatic nitrogens is 2. The van der Waals surface area contributed by atoms with E-state index < -0.39 is 6.04 Å². The average Bonchev–Trinajstić information content (AvgIpc) is 2.88. The maximum atomic E-state index is 12.0. The van der Waals surface area contributed by atoms with Crippen LogP contribution in [0.2, 0.25) is 0 Å². The lowest BCUT2D eigenvalue weighted by Gasteiger charge is -2.17. The minimum absolute atomic E-state index is 0.290. The zero-order valence-electron chi connectivity index (χ0n) is 12.9. The number of methoxy groups -OCH3 is 1. The van der Waals surface area contributed by atoms with Crippen molar-refractivity contribution in [2.75, 3.05) is 7.11 Å². The van der Waals surface area contributed by atoms with Crippen LogP contribution in [0.15, 0.2) is 30.6 Å². The van der Waals surface area contributed by atoms with Crippen molar-refractivity contribution in [1.82, 2.24) is 15.1 Å². The molecule has 0 amide bonds. The molecule has 2 rings (SSSR count). The van der Waals surface area contributed by atoms with Crippen LogP contribution in [0, 0.1) is 13.8 Å². The zero-order valence-corrected chi connectivity index (χ0v) is 12.9. The standard InChI is InChI=1S/C16H21N3O2/c1-11-5-6-14(7-12(11)2)15(16(20)21-4)17-8-13-9-18-19(3)10-13/h5-7,9-10,15,17H,8H2,1-4H3. The van der Waals surface area contributed by atoms with Gasteiger partial charge in [-0.15, -0.1) is 0 Å². The van der Waals surface area contributed by atoms with Crippen LogP contribution in [-0.2, 0) is 23.1 Å². The number of rotatable bonds is 5. The van der Waals surface area contributed by atoms with Crippen LogP contribution in [0.3, 0.4) is 0 Å². The van der Waals surface area contributed by atoms with Gasteiger partial charge in [-0.25, -0.2) is 4.79 Å². The van der Waals surface area contributed by atoms with Gasteiger partial charge in [-0.2, -0.15) is 5.10 Å². The normalized spacial score (nSPS) is 12.2. The van der Waals surface area contributed by atoms with E-state index >= 15 is 0 Å². The molecule has 1 N–H and O–H groups in total. The number of carbonyl (C=O) groups excluding carboxylic acids is 1. The van der Waals surface area contributed by atoms with Crippen molar-refractivity contribution in [3.8, 4) is 0 Å². The number of aryl methyl sites for hydroxylation is 3. The second-order valence-electron chi connectivity index (χ2n) is 5.20. The van der Waals surface area contributed by atoms with Gasteiger partial charge in [0.05, 0.1) is 13.3 Å². The van der Waals surface area contributed by atoms with E-state index in [2.05, 4.69) is 17.3 Å². The van der Waals surface area contributed by atoms with Crippen LogP contribution in [0.1, 0.15) is 28.3 Å². The van der Waals surface area contributed by atoms with Crippen LogP contribution >= 0.6 is 0 Å². The molecule has 21 heavy (non-hydrogen) atoms. The van der Waals surface area contributed by atoms with Gasteiger partial charge in [0.2, 0.25) is 0 Å². The Morgan fingerprint density at radius 2 is 2.14 bits per heavy atom. The number of nitrogens with one attached hydrogen (secondary N) is 1.